The lowest BCUT2D eigenvalue weighted by Crippen LogP contribution is -1.78. The Morgan fingerprint density at radius 2 is 1.91 bits per heavy atom. The molecule has 0 heterocycles. The van der Waals surface area contributed by atoms with Gasteiger partial charge in [-0.05, 0) is 12.8 Å². The van der Waals surface area contributed by atoms with Crippen molar-refractivity contribution in [3.63, 3.8) is 0 Å². The first-order valence-corrected chi connectivity index (χ1v) is 3.82. The fraction of sp³-hybridized carbons (Fsp3) is 0.273. The molecule has 0 saturated carbocycles. The van der Waals surface area contributed by atoms with Crippen molar-refractivity contribution in [2.75, 3.05) is 0 Å². The average molecular weight is 148 g/mol. The molecule has 0 fully saturated rings. The number of allylic oxidation sites excluding steroid dienone is 6. The molecule has 0 aromatic rings. The van der Waals surface area contributed by atoms with Crippen LogP contribution in [0.2, 0.25) is 0 Å². The van der Waals surface area contributed by atoms with Crippen molar-refractivity contribution in [2.24, 2.45) is 5.92 Å². The first-order valence-electron chi connectivity index (χ1n) is 3.82. The third-order valence-corrected chi connectivity index (χ3v) is 1.44. The van der Waals surface area contributed by atoms with Crippen LogP contribution in [0, 0.1) is 5.92 Å². The van der Waals surface area contributed by atoms with Gasteiger partial charge in [0.05, 0.1) is 0 Å². The predicted octanol–water partition coefficient (Wildman–Crippen LogP) is 3.50. The van der Waals surface area contributed by atoms with E-state index in [2.05, 4.69) is 57.4 Å². The standard InChI is InChI=1S/C9H12.C2H4/c1-8-4-3-5-9(2)7-6-8;1-2/h3-8H,1-2H3;1-2H2. The quantitative estimate of drug-likeness (QED) is 0.461. The zero-order chi connectivity index (χ0) is 8.69. The zero-order valence-corrected chi connectivity index (χ0v) is 7.38. The molecule has 0 N–H and O–H groups in total. The molecular weight excluding hydrogens is 132 g/mol. The minimum absolute atomic E-state index is 0.596. The van der Waals surface area contributed by atoms with Gasteiger partial charge >= 0.3 is 0 Å². The van der Waals surface area contributed by atoms with Crippen molar-refractivity contribution in [2.45, 2.75) is 13.8 Å². The van der Waals surface area contributed by atoms with Gasteiger partial charge in [0.15, 0.2) is 0 Å². The Bertz CT molecular complexity index is 182. The van der Waals surface area contributed by atoms with Crippen LogP contribution >= 0.6 is 0 Å². The Kier molecular flexibility index (Phi) is 5.18. The summed E-state index contributed by atoms with van der Waals surface area (Å²) in [4.78, 5) is 0. The van der Waals surface area contributed by atoms with Crippen LogP contribution in [-0.4, -0.2) is 0 Å². The minimum atomic E-state index is 0.596. The summed E-state index contributed by atoms with van der Waals surface area (Å²) < 4.78 is 0. The van der Waals surface area contributed by atoms with E-state index in [1.165, 1.54) is 5.57 Å². The SMILES string of the molecule is C=C.CC1=CC=CC(C)C=C1. The Hall–Kier alpha value is -1.04. The van der Waals surface area contributed by atoms with Gasteiger partial charge in [-0.1, -0.05) is 42.9 Å². The lowest BCUT2D eigenvalue weighted by Gasteiger charge is -1.91. The topological polar surface area (TPSA) is 0 Å². The second kappa shape index (κ2) is 5.72. The fourth-order valence-corrected chi connectivity index (χ4v) is 0.806. The summed E-state index contributed by atoms with van der Waals surface area (Å²) in [7, 11) is 0. The van der Waals surface area contributed by atoms with E-state index in [0.717, 1.165) is 0 Å². The summed E-state index contributed by atoms with van der Waals surface area (Å²) in [6, 6.07) is 0. The van der Waals surface area contributed by atoms with Crippen LogP contribution in [0.3, 0.4) is 0 Å². The Morgan fingerprint density at radius 1 is 1.27 bits per heavy atom. The minimum Gasteiger partial charge on any atom is -0.106 e. The number of hydrogen-bond acceptors (Lipinski definition) is 0. The van der Waals surface area contributed by atoms with Crippen LogP contribution in [0.1, 0.15) is 13.8 Å². The molecule has 0 aliphatic heterocycles. The molecule has 0 saturated heterocycles. The van der Waals surface area contributed by atoms with E-state index >= 15 is 0 Å². The molecule has 0 aromatic heterocycles. The fourth-order valence-electron chi connectivity index (χ4n) is 0.806. The van der Waals surface area contributed by atoms with Crippen molar-refractivity contribution in [3.8, 4) is 0 Å². The summed E-state index contributed by atoms with van der Waals surface area (Å²) in [5, 5.41) is 0. The Morgan fingerprint density at radius 3 is 2.55 bits per heavy atom. The summed E-state index contributed by atoms with van der Waals surface area (Å²) >= 11 is 0. The van der Waals surface area contributed by atoms with Crippen LogP contribution in [0.4, 0.5) is 0 Å². The molecule has 0 radical (unpaired) electrons. The van der Waals surface area contributed by atoms with Gasteiger partial charge in [-0.2, -0.15) is 0 Å². The van der Waals surface area contributed by atoms with E-state index in [9.17, 15) is 0 Å². The van der Waals surface area contributed by atoms with Crippen LogP contribution in [0.5, 0.6) is 0 Å². The number of rotatable bonds is 0. The first-order chi connectivity index (χ1) is 5.29. The lowest BCUT2D eigenvalue weighted by molar-refractivity contribution is 0.942. The molecule has 11 heavy (non-hydrogen) atoms. The Labute approximate surface area is 69.6 Å². The second-order valence-corrected chi connectivity index (χ2v) is 2.51. The molecule has 1 aliphatic carbocycles. The van der Waals surface area contributed by atoms with E-state index in [-0.39, 0.29) is 0 Å². The van der Waals surface area contributed by atoms with Gasteiger partial charge < -0.3 is 0 Å². The predicted molar refractivity (Wildman–Crippen MR) is 52.5 cm³/mol. The molecule has 0 bridgehead atoms. The smallest absolute Gasteiger partial charge is 0.00755 e. The average Bonchev–Trinajstić information content (AvgIpc) is 2.20. The largest absolute Gasteiger partial charge is 0.106 e. The van der Waals surface area contributed by atoms with Gasteiger partial charge in [0.1, 0.15) is 0 Å². The van der Waals surface area contributed by atoms with Gasteiger partial charge in [0.25, 0.3) is 0 Å². The van der Waals surface area contributed by atoms with E-state index < -0.39 is 0 Å². The molecule has 0 spiro atoms. The molecular formula is C11H16. The third kappa shape index (κ3) is 4.38. The van der Waals surface area contributed by atoms with Gasteiger partial charge in [0, 0.05) is 0 Å². The molecule has 1 aliphatic rings. The molecule has 1 rings (SSSR count). The molecule has 0 heteroatoms. The monoisotopic (exact) mass is 148 g/mol. The third-order valence-electron chi connectivity index (χ3n) is 1.44. The molecule has 1 unspecified atom stereocenters. The molecule has 60 valence electrons. The van der Waals surface area contributed by atoms with Crippen LogP contribution in [0.25, 0.3) is 0 Å². The lowest BCUT2D eigenvalue weighted by atomic mass is 10.1. The van der Waals surface area contributed by atoms with Gasteiger partial charge in [0.2, 0.25) is 0 Å². The molecule has 0 amide bonds. The summed E-state index contributed by atoms with van der Waals surface area (Å²) in [5.74, 6) is 0.596. The maximum Gasteiger partial charge on any atom is -0.00755 e. The van der Waals surface area contributed by atoms with Crippen molar-refractivity contribution < 1.29 is 0 Å². The highest BCUT2D eigenvalue weighted by atomic mass is 14.0. The maximum atomic E-state index is 3.00. The van der Waals surface area contributed by atoms with Crippen molar-refractivity contribution in [1.29, 1.82) is 0 Å². The molecule has 0 nitrogen and oxygen atoms in total. The first kappa shape index (κ1) is 9.96. The zero-order valence-electron chi connectivity index (χ0n) is 7.38. The van der Waals surface area contributed by atoms with Gasteiger partial charge in [-0.25, -0.2) is 0 Å². The highest BCUT2D eigenvalue weighted by molar-refractivity contribution is 5.26. The van der Waals surface area contributed by atoms with Gasteiger partial charge in [-0.15, -0.1) is 13.2 Å². The van der Waals surface area contributed by atoms with Gasteiger partial charge in [-0.3, -0.25) is 0 Å². The summed E-state index contributed by atoms with van der Waals surface area (Å²) in [6.45, 7) is 10.3. The highest BCUT2D eigenvalue weighted by Gasteiger charge is 1.91. The molecule has 1 atom stereocenters. The Balaban J connectivity index is 0.000000461. The van der Waals surface area contributed by atoms with E-state index in [4.69, 9.17) is 0 Å². The maximum absolute atomic E-state index is 3.00. The van der Waals surface area contributed by atoms with Crippen LogP contribution in [-0.2, 0) is 0 Å². The second-order valence-electron chi connectivity index (χ2n) is 2.51. The highest BCUT2D eigenvalue weighted by Crippen LogP contribution is 2.07. The normalized spacial score (nSPS) is 21.3. The van der Waals surface area contributed by atoms with Crippen LogP contribution < -0.4 is 0 Å². The van der Waals surface area contributed by atoms with E-state index in [1.807, 2.05) is 0 Å². The van der Waals surface area contributed by atoms with E-state index in [1.54, 1.807) is 0 Å². The van der Waals surface area contributed by atoms with Crippen molar-refractivity contribution in [1.82, 2.24) is 0 Å². The van der Waals surface area contributed by atoms with E-state index in [0.29, 0.717) is 5.92 Å². The van der Waals surface area contributed by atoms with Crippen LogP contribution in [0.15, 0.2) is 49.1 Å². The van der Waals surface area contributed by atoms with Crippen molar-refractivity contribution >= 4 is 0 Å². The number of hydrogen-bond donors (Lipinski definition) is 0. The summed E-state index contributed by atoms with van der Waals surface area (Å²) in [5.41, 5.74) is 1.33. The molecule has 0 aromatic carbocycles. The summed E-state index contributed by atoms with van der Waals surface area (Å²) in [6.07, 6.45) is 10.8. The van der Waals surface area contributed by atoms with Crippen molar-refractivity contribution in [3.05, 3.63) is 49.1 Å².